The number of nitrogens with zero attached hydrogens (tertiary/aromatic N) is 7. The van der Waals surface area contributed by atoms with Crippen molar-refractivity contribution in [2.24, 2.45) is 0 Å². The summed E-state index contributed by atoms with van der Waals surface area (Å²) in [5, 5.41) is 4.42. The van der Waals surface area contributed by atoms with Crippen LogP contribution >= 0.6 is 0 Å². The number of carbonyl (C=O) groups excluding carboxylic acids is 2. The summed E-state index contributed by atoms with van der Waals surface area (Å²) in [5.74, 6) is 0.820. The maximum absolute atomic E-state index is 14.0. The number of rotatable bonds is 3. The first kappa shape index (κ1) is 32.2. The smallest absolute Gasteiger partial charge is 0.419 e. The summed E-state index contributed by atoms with van der Waals surface area (Å²) in [6.45, 7) is 24.8. The van der Waals surface area contributed by atoms with Gasteiger partial charge in [0, 0.05) is 42.5 Å². The van der Waals surface area contributed by atoms with Gasteiger partial charge in [-0.2, -0.15) is 5.10 Å². The maximum atomic E-state index is 14.0. The number of amides is 1. The molecular formula is C34H47N7O4. The molecule has 1 fully saturated rings. The molecule has 0 saturated carbocycles. The Kier molecular flexibility index (Phi) is 8.12. The average molecular weight is 618 g/mol. The normalized spacial score (nSPS) is 17.9. The highest BCUT2D eigenvalue weighted by atomic mass is 16.6. The van der Waals surface area contributed by atoms with Gasteiger partial charge in [-0.1, -0.05) is 13.8 Å². The molecule has 0 radical (unpaired) electrons. The van der Waals surface area contributed by atoms with Crippen LogP contribution in [0, 0.1) is 13.8 Å². The molecule has 0 aliphatic carbocycles. The largest absolute Gasteiger partial charge is 0.444 e. The summed E-state index contributed by atoms with van der Waals surface area (Å²) in [5.41, 5.74) is 5.49. The number of piperazine rings is 1. The van der Waals surface area contributed by atoms with Gasteiger partial charge in [-0.15, -0.1) is 0 Å². The van der Waals surface area contributed by atoms with Crippen molar-refractivity contribution in [1.82, 2.24) is 29.0 Å². The van der Waals surface area contributed by atoms with E-state index >= 15 is 0 Å². The number of aromatic nitrogens is 5. The first-order valence-corrected chi connectivity index (χ1v) is 15.7. The van der Waals surface area contributed by atoms with Gasteiger partial charge in [-0.25, -0.2) is 28.6 Å². The van der Waals surface area contributed by atoms with Gasteiger partial charge in [0.1, 0.15) is 23.3 Å². The summed E-state index contributed by atoms with van der Waals surface area (Å²) < 4.78 is 15.1. The third-order valence-corrected chi connectivity index (χ3v) is 8.28. The zero-order valence-corrected chi connectivity index (χ0v) is 28.7. The molecular weight excluding hydrogens is 570 g/mol. The molecule has 45 heavy (non-hydrogen) atoms. The highest BCUT2D eigenvalue weighted by Crippen LogP contribution is 2.41. The maximum Gasteiger partial charge on any atom is 0.419 e. The van der Waals surface area contributed by atoms with Crippen molar-refractivity contribution in [1.29, 1.82) is 0 Å². The second-order valence-corrected chi connectivity index (χ2v) is 14.6. The Morgan fingerprint density at radius 1 is 0.911 bits per heavy atom. The van der Waals surface area contributed by atoms with E-state index < -0.39 is 17.3 Å². The molecule has 5 rings (SSSR count). The number of fused-ring (bicyclic) bond motifs is 2. The standard InChI is InChI=1S/C34H47N7O4/c1-19(2)27-28-25(13-14-26(37-28)38-15-21(4)39(16-20(38)3)31(42)44-33(7,8)9)41(32(43)45-34(10,11)12)29(27)24-17-40-30(35-18-36-40)23(6)22(24)5/h13-14,17-21H,15-16H2,1-12H3/t20-,21+/m0/s1. The van der Waals surface area contributed by atoms with E-state index in [2.05, 4.69) is 35.8 Å². The molecule has 0 N–H and O–H groups in total. The average Bonchev–Trinajstić information content (AvgIpc) is 3.52. The highest BCUT2D eigenvalue weighted by Gasteiger charge is 2.36. The highest BCUT2D eigenvalue weighted by molar-refractivity contribution is 5.99. The van der Waals surface area contributed by atoms with Crippen LogP contribution in [0.2, 0.25) is 0 Å². The zero-order chi connectivity index (χ0) is 33.2. The van der Waals surface area contributed by atoms with Gasteiger partial charge in [-0.3, -0.25) is 0 Å². The minimum atomic E-state index is -0.698. The number of anilines is 1. The number of hydrogen-bond acceptors (Lipinski definition) is 8. The minimum Gasteiger partial charge on any atom is -0.444 e. The second kappa shape index (κ2) is 11.3. The molecule has 1 amide bonds. The van der Waals surface area contributed by atoms with Gasteiger partial charge in [0.05, 0.1) is 16.7 Å². The molecule has 0 aromatic carbocycles. The first-order chi connectivity index (χ1) is 20.9. The van der Waals surface area contributed by atoms with Crippen molar-refractivity contribution in [3.63, 3.8) is 0 Å². The van der Waals surface area contributed by atoms with Crippen LogP contribution in [0.25, 0.3) is 27.9 Å². The SMILES string of the molecule is Cc1c(-c2c(C(C)C)c3nc(N4C[C@@H](C)N(C(=O)OC(C)(C)C)C[C@@H]4C)ccc3n2C(=O)OC(C)(C)C)cn2ncnc2c1C. The number of ether oxygens (including phenoxy) is 2. The minimum absolute atomic E-state index is 0.00630. The van der Waals surface area contributed by atoms with E-state index in [-0.39, 0.29) is 24.1 Å². The third-order valence-electron chi connectivity index (χ3n) is 8.28. The van der Waals surface area contributed by atoms with Crippen molar-refractivity contribution in [3.05, 3.63) is 41.3 Å². The molecule has 1 saturated heterocycles. The number of pyridine rings is 2. The predicted octanol–water partition coefficient (Wildman–Crippen LogP) is 7.10. The molecule has 2 atom stereocenters. The molecule has 4 aromatic rings. The Balaban J connectivity index is 1.68. The number of aryl methyl sites for hydroxylation is 1. The van der Waals surface area contributed by atoms with Crippen LogP contribution in [-0.2, 0) is 9.47 Å². The monoisotopic (exact) mass is 617 g/mol. The summed E-state index contributed by atoms with van der Waals surface area (Å²) in [6.07, 6.45) is 2.71. The fourth-order valence-corrected chi connectivity index (χ4v) is 6.10. The fraction of sp³-hybridized carbons (Fsp3) is 0.559. The van der Waals surface area contributed by atoms with E-state index in [1.54, 1.807) is 14.0 Å². The Bertz CT molecular complexity index is 1770. The lowest BCUT2D eigenvalue weighted by Gasteiger charge is -2.44. The molecule has 4 aromatic heterocycles. The predicted molar refractivity (Wildman–Crippen MR) is 176 cm³/mol. The van der Waals surface area contributed by atoms with Gasteiger partial charge in [0.25, 0.3) is 0 Å². The first-order valence-electron chi connectivity index (χ1n) is 15.7. The van der Waals surface area contributed by atoms with Crippen molar-refractivity contribution < 1.29 is 19.1 Å². The van der Waals surface area contributed by atoms with E-state index in [0.29, 0.717) is 18.6 Å². The van der Waals surface area contributed by atoms with Gasteiger partial charge in [0.2, 0.25) is 0 Å². The van der Waals surface area contributed by atoms with E-state index in [1.807, 2.05) is 80.6 Å². The summed E-state index contributed by atoms with van der Waals surface area (Å²) in [6, 6.07) is 3.83. The molecule has 1 aliphatic rings. The van der Waals surface area contributed by atoms with Gasteiger partial charge in [0.15, 0.2) is 5.65 Å². The third kappa shape index (κ3) is 6.09. The van der Waals surface area contributed by atoms with E-state index in [4.69, 9.17) is 14.5 Å². The second-order valence-electron chi connectivity index (χ2n) is 14.6. The number of hydrogen-bond donors (Lipinski definition) is 0. The van der Waals surface area contributed by atoms with Crippen molar-refractivity contribution >= 4 is 34.7 Å². The Morgan fingerprint density at radius 3 is 2.18 bits per heavy atom. The lowest BCUT2D eigenvalue weighted by Crippen LogP contribution is -2.59. The van der Waals surface area contributed by atoms with Crippen LogP contribution in [-0.4, -0.2) is 77.6 Å². The quantitative estimate of drug-likeness (QED) is 0.240. The zero-order valence-electron chi connectivity index (χ0n) is 28.7. The Hall–Kier alpha value is -4.15. The lowest BCUT2D eigenvalue weighted by molar-refractivity contribution is 0.0129. The molecule has 11 nitrogen and oxygen atoms in total. The van der Waals surface area contributed by atoms with Crippen LogP contribution in [0.15, 0.2) is 24.7 Å². The molecule has 11 heteroatoms. The molecule has 5 heterocycles. The summed E-state index contributed by atoms with van der Waals surface area (Å²) in [7, 11) is 0. The van der Waals surface area contributed by atoms with Crippen LogP contribution < -0.4 is 4.90 Å². The van der Waals surface area contributed by atoms with Crippen LogP contribution in [0.4, 0.5) is 15.4 Å². The molecule has 0 unspecified atom stereocenters. The Labute approximate surface area is 265 Å². The van der Waals surface area contributed by atoms with Gasteiger partial charge in [-0.05, 0) is 98.4 Å². The van der Waals surface area contributed by atoms with Crippen LogP contribution in [0.1, 0.15) is 91.8 Å². The number of carbonyl (C=O) groups is 2. The van der Waals surface area contributed by atoms with Crippen LogP contribution in [0.5, 0.6) is 0 Å². The fourth-order valence-electron chi connectivity index (χ4n) is 6.10. The van der Waals surface area contributed by atoms with Crippen molar-refractivity contribution in [3.8, 4) is 11.3 Å². The Morgan fingerprint density at radius 2 is 1.56 bits per heavy atom. The van der Waals surface area contributed by atoms with Crippen LogP contribution in [0.3, 0.4) is 0 Å². The lowest BCUT2D eigenvalue weighted by atomic mass is 9.95. The summed E-state index contributed by atoms with van der Waals surface area (Å²) in [4.78, 5) is 40.7. The molecule has 242 valence electrons. The molecule has 0 bridgehead atoms. The van der Waals surface area contributed by atoms with Gasteiger partial charge < -0.3 is 19.3 Å². The van der Waals surface area contributed by atoms with E-state index in [9.17, 15) is 9.59 Å². The van der Waals surface area contributed by atoms with Gasteiger partial charge >= 0.3 is 12.2 Å². The topological polar surface area (TPSA) is 107 Å². The van der Waals surface area contributed by atoms with E-state index in [1.165, 1.54) is 6.33 Å². The van der Waals surface area contributed by atoms with Crippen molar-refractivity contribution in [2.75, 3.05) is 18.0 Å². The summed E-state index contributed by atoms with van der Waals surface area (Å²) >= 11 is 0. The molecule has 1 aliphatic heterocycles. The van der Waals surface area contributed by atoms with E-state index in [0.717, 1.165) is 44.9 Å². The molecule has 0 spiro atoms. The van der Waals surface area contributed by atoms with Crippen molar-refractivity contribution in [2.45, 2.75) is 112 Å².